The van der Waals surface area contributed by atoms with Crippen LogP contribution in [0, 0.1) is 0 Å². The second-order valence-corrected chi connectivity index (χ2v) is 3.23. The van der Waals surface area contributed by atoms with E-state index in [9.17, 15) is 0 Å². The van der Waals surface area contributed by atoms with Gasteiger partial charge in [0.2, 0.25) is 0 Å². The van der Waals surface area contributed by atoms with Crippen molar-refractivity contribution < 1.29 is 9.48 Å². The van der Waals surface area contributed by atoms with Crippen LogP contribution in [0.2, 0.25) is 0 Å². The minimum atomic E-state index is 0.768. The third kappa shape index (κ3) is 1.68. The summed E-state index contributed by atoms with van der Waals surface area (Å²) >= 11 is 0. The number of quaternary nitrogens is 1. The van der Waals surface area contributed by atoms with Gasteiger partial charge in [0.15, 0.2) is 0 Å². The molecule has 1 heterocycles. The molecule has 3 nitrogen and oxygen atoms in total. The standard InChI is InChI=1S/C7H17N2O/c1-8-4-6-9(2,10-3)7-5-8/h4-7H2,1-3H3/q+1. The summed E-state index contributed by atoms with van der Waals surface area (Å²) < 4.78 is 0.768. The molecule has 1 aliphatic rings. The van der Waals surface area contributed by atoms with Crippen molar-refractivity contribution in [2.45, 2.75) is 0 Å². The number of hydroxylamine groups is 3. The fourth-order valence-corrected chi connectivity index (χ4v) is 1.17. The van der Waals surface area contributed by atoms with Crippen LogP contribution < -0.4 is 0 Å². The van der Waals surface area contributed by atoms with Gasteiger partial charge in [0.1, 0.15) is 13.1 Å². The molecule has 60 valence electrons. The number of piperazine rings is 1. The highest BCUT2D eigenvalue weighted by molar-refractivity contribution is 4.54. The third-order valence-electron chi connectivity index (χ3n) is 2.35. The highest BCUT2D eigenvalue weighted by Gasteiger charge is 2.27. The summed E-state index contributed by atoms with van der Waals surface area (Å²) in [4.78, 5) is 7.67. The minimum Gasteiger partial charge on any atom is -0.295 e. The van der Waals surface area contributed by atoms with Crippen LogP contribution in [0.4, 0.5) is 0 Å². The Labute approximate surface area is 62.7 Å². The van der Waals surface area contributed by atoms with Gasteiger partial charge in [0.05, 0.1) is 27.2 Å². The molecule has 1 aliphatic heterocycles. The lowest BCUT2D eigenvalue weighted by Gasteiger charge is -2.36. The van der Waals surface area contributed by atoms with E-state index >= 15 is 0 Å². The molecule has 1 saturated heterocycles. The molecule has 0 aromatic rings. The minimum absolute atomic E-state index is 0.768. The van der Waals surface area contributed by atoms with Gasteiger partial charge in [-0.15, -0.1) is 0 Å². The molecule has 1 rings (SSSR count). The molecule has 0 spiro atoms. The molecule has 0 N–H and O–H groups in total. The second-order valence-electron chi connectivity index (χ2n) is 3.23. The smallest absolute Gasteiger partial charge is 0.121 e. The van der Waals surface area contributed by atoms with Gasteiger partial charge in [-0.3, -0.25) is 4.90 Å². The molecule has 0 aromatic carbocycles. The van der Waals surface area contributed by atoms with E-state index in [4.69, 9.17) is 4.84 Å². The lowest BCUT2D eigenvalue weighted by atomic mass is 10.3. The summed E-state index contributed by atoms with van der Waals surface area (Å²) in [7, 11) is 6.07. The van der Waals surface area contributed by atoms with Gasteiger partial charge in [-0.2, -0.15) is 4.65 Å². The number of rotatable bonds is 1. The number of nitrogens with zero attached hydrogens (tertiary/aromatic N) is 2. The first-order valence-corrected chi connectivity index (χ1v) is 3.75. The van der Waals surface area contributed by atoms with E-state index in [0.717, 1.165) is 30.8 Å². The van der Waals surface area contributed by atoms with Crippen LogP contribution in [0.5, 0.6) is 0 Å². The predicted molar refractivity (Wildman–Crippen MR) is 40.4 cm³/mol. The van der Waals surface area contributed by atoms with E-state index in [1.54, 1.807) is 7.11 Å². The van der Waals surface area contributed by atoms with Crippen molar-refractivity contribution in [3.8, 4) is 0 Å². The fourth-order valence-electron chi connectivity index (χ4n) is 1.17. The first-order valence-electron chi connectivity index (χ1n) is 3.75. The van der Waals surface area contributed by atoms with Crippen molar-refractivity contribution in [2.24, 2.45) is 0 Å². The Hall–Kier alpha value is -0.120. The third-order valence-corrected chi connectivity index (χ3v) is 2.35. The molecule has 0 aliphatic carbocycles. The summed E-state index contributed by atoms with van der Waals surface area (Å²) in [5.74, 6) is 0. The van der Waals surface area contributed by atoms with Crippen molar-refractivity contribution in [1.29, 1.82) is 0 Å². The maximum atomic E-state index is 5.34. The Morgan fingerprint density at radius 1 is 1.30 bits per heavy atom. The highest BCUT2D eigenvalue weighted by Crippen LogP contribution is 2.07. The zero-order valence-electron chi connectivity index (χ0n) is 7.13. The van der Waals surface area contributed by atoms with E-state index < -0.39 is 0 Å². The van der Waals surface area contributed by atoms with Gasteiger partial charge >= 0.3 is 0 Å². The Balaban J connectivity index is 2.38. The zero-order valence-corrected chi connectivity index (χ0v) is 7.13. The lowest BCUT2D eigenvalue weighted by molar-refractivity contribution is -1.09. The van der Waals surface area contributed by atoms with Crippen LogP contribution in [-0.4, -0.2) is 56.9 Å². The van der Waals surface area contributed by atoms with Gasteiger partial charge in [-0.1, -0.05) is 0 Å². The van der Waals surface area contributed by atoms with Gasteiger partial charge in [0, 0.05) is 0 Å². The normalized spacial score (nSPS) is 26.7. The summed E-state index contributed by atoms with van der Waals surface area (Å²) in [6, 6.07) is 0. The molecule has 3 heteroatoms. The maximum absolute atomic E-state index is 5.34. The summed E-state index contributed by atoms with van der Waals surface area (Å²) in [5, 5.41) is 0. The highest BCUT2D eigenvalue weighted by atomic mass is 16.7. The second kappa shape index (κ2) is 2.86. The molecular formula is C7H17N2O+. The molecule has 0 saturated carbocycles. The van der Waals surface area contributed by atoms with E-state index in [0.29, 0.717) is 0 Å². The van der Waals surface area contributed by atoms with Gasteiger partial charge in [-0.25, -0.2) is 4.84 Å². The quantitative estimate of drug-likeness (QED) is 0.479. The van der Waals surface area contributed by atoms with Crippen LogP contribution in [0.3, 0.4) is 0 Å². The topological polar surface area (TPSA) is 12.5 Å². The Kier molecular flexibility index (Phi) is 2.28. The molecule has 0 unspecified atom stereocenters. The lowest BCUT2D eigenvalue weighted by Crippen LogP contribution is -2.55. The number of hydrogen-bond acceptors (Lipinski definition) is 2. The molecule has 0 radical (unpaired) electrons. The molecule has 0 amide bonds. The molecule has 0 atom stereocenters. The Morgan fingerprint density at radius 2 is 1.80 bits per heavy atom. The van der Waals surface area contributed by atoms with Crippen LogP contribution in [0.15, 0.2) is 0 Å². The molecule has 0 aromatic heterocycles. The molecule has 10 heavy (non-hydrogen) atoms. The number of likely N-dealkylation sites (N-methyl/N-ethyl adjacent to an activating group) is 2. The Morgan fingerprint density at radius 3 is 2.20 bits per heavy atom. The van der Waals surface area contributed by atoms with Gasteiger partial charge < -0.3 is 0 Å². The molecule has 1 fully saturated rings. The summed E-state index contributed by atoms with van der Waals surface area (Å²) in [5.41, 5.74) is 0. The maximum Gasteiger partial charge on any atom is 0.121 e. The molecular weight excluding hydrogens is 128 g/mol. The predicted octanol–water partition coefficient (Wildman–Crippen LogP) is -0.0602. The van der Waals surface area contributed by atoms with Crippen LogP contribution in [-0.2, 0) is 4.84 Å². The van der Waals surface area contributed by atoms with Crippen molar-refractivity contribution in [1.82, 2.24) is 4.90 Å². The van der Waals surface area contributed by atoms with E-state index in [2.05, 4.69) is 19.0 Å². The van der Waals surface area contributed by atoms with Crippen molar-refractivity contribution in [3.05, 3.63) is 0 Å². The van der Waals surface area contributed by atoms with E-state index in [-0.39, 0.29) is 0 Å². The Bertz CT molecular complexity index is 108. The fraction of sp³-hybridized carbons (Fsp3) is 1.00. The molecule has 0 bridgehead atoms. The SMILES string of the molecule is CO[N+]1(C)CCN(C)CC1. The summed E-state index contributed by atoms with van der Waals surface area (Å²) in [6.07, 6.45) is 0. The van der Waals surface area contributed by atoms with Gasteiger partial charge in [0.25, 0.3) is 0 Å². The van der Waals surface area contributed by atoms with E-state index in [1.165, 1.54) is 0 Å². The summed E-state index contributed by atoms with van der Waals surface area (Å²) in [6.45, 7) is 4.49. The number of hydrogen-bond donors (Lipinski definition) is 0. The zero-order chi connectivity index (χ0) is 7.61. The van der Waals surface area contributed by atoms with Crippen molar-refractivity contribution in [3.63, 3.8) is 0 Å². The van der Waals surface area contributed by atoms with Crippen LogP contribution in [0.25, 0.3) is 0 Å². The monoisotopic (exact) mass is 145 g/mol. The van der Waals surface area contributed by atoms with Crippen LogP contribution >= 0.6 is 0 Å². The van der Waals surface area contributed by atoms with Crippen molar-refractivity contribution >= 4 is 0 Å². The first-order chi connectivity index (χ1) is 4.66. The van der Waals surface area contributed by atoms with Crippen LogP contribution in [0.1, 0.15) is 0 Å². The largest absolute Gasteiger partial charge is 0.295 e. The van der Waals surface area contributed by atoms with Gasteiger partial charge in [-0.05, 0) is 7.05 Å². The van der Waals surface area contributed by atoms with E-state index in [1.807, 2.05) is 0 Å². The first kappa shape index (κ1) is 7.98. The average molecular weight is 145 g/mol. The average Bonchev–Trinajstić information content (AvgIpc) is 1.96. The van der Waals surface area contributed by atoms with Crippen molar-refractivity contribution in [2.75, 3.05) is 47.4 Å².